The molecule has 3 rings (SSSR count). The van der Waals surface area contributed by atoms with Gasteiger partial charge in [-0.2, -0.15) is 4.31 Å². The van der Waals surface area contributed by atoms with Gasteiger partial charge in [0, 0.05) is 13.2 Å². The van der Waals surface area contributed by atoms with Crippen LogP contribution in [0.4, 0.5) is 5.13 Å². The van der Waals surface area contributed by atoms with E-state index in [-0.39, 0.29) is 19.0 Å². The summed E-state index contributed by atoms with van der Waals surface area (Å²) >= 11 is 1.39. The summed E-state index contributed by atoms with van der Waals surface area (Å²) in [5, 5.41) is 0.517. The fourth-order valence-electron chi connectivity index (χ4n) is 2.28. The standard InChI is InChI=1S/C17H18N4O3S2/c1-20(26(2,23)24)12-16(22)21(11-13-7-5-6-10-18-13)17-19-14-8-3-4-9-15(14)25-17/h3-10H,11-12H2,1-2H3. The Morgan fingerprint density at radius 3 is 2.54 bits per heavy atom. The van der Waals surface area contributed by atoms with Crippen molar-refractivity contribution in [3.05, 3.63) is 54.4 Å². The second kappa shape index (κ2) is 7.48. The van der Waals surface area contributed by atoms with Crippen LogP contribution in [0.5, 0.6) is 0 Å². The molecule has 2 heterocycles. The highest BCUT2D eigenvalue weighted by Crippen LogP contribution is 2.29. The first-order chi connectivity index (χ1) is 12.3. The Balaban J connectivity index is 1.94. The smallest absolute Gasteiger partial charge is 0.244 e. The molecule has 7 nitrogen and oxygen atoms in total. The number of pyridine rings is 1. The second-order valence-electron chi connectivity index (χ2n) is 5.78. The van der Waals surface area contributed by atoms with Gasteiger partial charge in [0.2, 0.25) is 15.9 Å². The van der Waals surface area contributed by atoms with E-state index >= 15 is 0 Å². The lowest BCUT2D eigenvalue weighted by Gasteiger charge is -2.22. The number of likely N-dealkylation sites (N-methyl/N-ethyl adjacent to an activating group) is 1. The van der Waals surface area contributed by atoms with Gasteiger partial charge in [0.1, 0.15) is 0 Å². The summed E-state index contributed by atoms with van der Waals surface area (Å²) in [4.78, 5) is 23.1. The fraction of sp³-hybridized carbons (Fsp3) is 0.235. The van der Waals surface area contributed by atoms with Crippen LogP contribution in [-0.2, 0) is 21.4 Å². The third-order valence-corrected chi connectivity index (χ3v) is 6.11. The predicted octanol–water partition coefficient (Wildman–Crippen LogP) is 2.12. The molecule has 0 spiro atoms. The molecule has 26 heavy (non-hydrogen) atoms. The molecule has 0 aliphatic rings. The molecule has 0 atom stereocenters. The molecule has 136 valence electrons. The normalized spacial score (nSPS) is 11.8. The largest absolute Gasteiger partial charge is 0.281 e. The van der Waals surface area contributed by atoms with Crippen molar-refractivity contribution in [2.24, 2.45) is 0 Å². The Bertz CT molecular complexity index is 986. The summed E-state index contributed by atoms with van der Waals surface area (Å²) in [6.07, 6.45) is 2.72. The summed E-state index contributed by atoms with van der Waals surface area (Å²) in [7, 11) is -2.08. The van der Waals surface area contributed by atoms with Gasteiger partial charge in [0.05, 0.1) is 35.3 Å². The number of rotatable bonds is 6. The highest BCUT2D eigenvalue weighted by atomic mass is 32.2. The number of carbonyl (C=O) groups excluding carboxylic acids is 1. The van der Waals surface area contributed by atoms with Crippen LogP contribution in [0.2, 0.25) is 0 Å². The molecule has 3 aromatic rings. The van der Waals surface area contributed by atoms with Gasteiger partial charge in [-0.15, -0.1) is 0 Å². The molecular formula is C17H18N4O3S2. The first kappa shape index (κ1) is 18.4. The highest BCUT2D eigenvalue weighted by molar-refractivity contribution is 7.88. The molecule has 0 bridgehead atoms. The van der Waals surface area contributed by atoms with Crippen LogP contribution in [0, 0.1) is 0 Å². The van der Waals surface area contributed by atoms with E-state index in [2.05, 4.69) is 9.97 Å². The van der Waals surface area contributed by atoms with Crippen molar-refractivity contribution in [3.63, 3.8) is 0 Å². The Hall–Kier alpha value is -2.36. The van der Waals surface area contributed by atoms with Crippen molar-refractivity contribution in [2.45, 2.75) is 6.54 Å². The fourth-order valence-corrected chi connectivity index (χ4v) is 3.61. The average molecular weight is 390 g/mol. The Morgan fingerprint density at radius 2 is 1.88 bits per heavy atom. The van der Waals surface area contributed by atoms with Gasteiger partial charge in [-0.25, -0.2) is 13.4 Å². The van der Waals surface area contributed by atoms with Crippen LogP contribution in [0.1, 0.15) is 5.69 Å². The quantitative estimate of drug-likeness (QED) is 0.644. The number of hydrogen-bond donors (Lipinski definition) is 0. The molecule has 0 saturated heterocycles. The lowest BCUT2D eigenvalue weighted by molar-refractivity contribution is -0.118. The third kappa shape index (κ3) is 4.24. The van der Waals surface area contributed by atoms with E-state index in [1.54, 1.807) is 12.3 Å². The summed E-state index contributed by atoms with van der Waals surface area (Å²) < 4.78 is 25.3. The van der Waals surface area contributed by atoms with E-state index < -0.39 is 10.0 Å². The van der Waals surface area contributed by atoms with E-state index in [0.29, 0.717) is 10.8 Å². The van der Waals surface area contributed by atoms with Crippen molar-refractivity contribution in [2.75, 3.05) is 24.7 Å². The molecule has 0 aliphatic carbocycles. The number of nitrogens with zero attached hydrogens (tertiary/aromatic N) is 4. The lowest BCUT2D eigenvalue weighted by atomic mass is 10.3. The number of aromatic nitrogens is 2. The number of amides is 1. The molecular weight excluding hydrogens is 372 g/mol. The Kier molecular flexibility index (Phi) is 5.30. The van der Waals surface area contributed by atoms with E-state index in [4.69, 9.17) is 0 Å². The van der Waals surface area contributed by atoms with Gasteiger partial charge in [0.15, 0.2) is 5.13 Å². The highest BCUT2D eigenvalue weighted by Gasteiger charge is 2.24. The first-order valence-corrected chi connectivity index (χ1v) is 10.5. The molecule has 0 aliphatic heterocycles. The molecule has 2 aromatic heterocycles. The predicted molar refractivity (Wildman–Crippen MR) is 103 cm³/mol. The minimum absolute atomic E-state index is 0.219. The SMILES string of the molecule is CN(CC(=O)N(Cc1ccccn1)c1nc2ccccc2s1)S(C)(=O)=O. The zero-order valence-corrected chi connectivity index (χ0v) is 16.0. The van der Waals surface area contributed by atoms with Crippen molar-refractivity contribution in [3.8, 4) is 0 Å². The second-order valence-corrected chi connectivity index (χ2v) is 8.88. The number of carbonyl (C=O) groups is 1. The van der Waals surface area contributed by atoms with Gasteiger partial charge in [-0.3, -0.25) is 14.7 Å². The number of thiazole rings is 1. The van der Waals surface area contributed by atoms with Crippen LogP contribution >= 0.6 is 11.3 Å². The number of hydrogen-bond acceptors (Lipinski definition) is 6. The number of para-hydroxylation sites is 1. The van der Waals surface area contributed by atoms with Gasteiger partial charge < -0.3 is 0 Å². The summed E-state index contributed by atoms with van der Waals surface area (Å²) in [5.74, 6) is -0.359. The molecule has 0 N–H and O–H groups in total. The third-order valence-electron chi connectivity index (χ3n) is 3.78. The van der Waals surface area contributed by atoms with E-state index in [0.717, 1.165) is 20.8 Å². The van der Waals surface area contributed by atoms with Gasteiger partial charge in [-0.1, -0.05) is 29.5 Å². The minimum Gasteiger partial charge on any atom is -0.281 e. The summed E-state index contributed by atoms with van der Waals surface area (Å²) in [5.41, 5.74) is 1.49. The van der Waals surface area contributed by atoms with Crippen LogP contribution in [0.3, 0.4) is 0 Å². The van der Waals surface area contributed by atoms with E-state index in [1.165, 1.54) is 23.3 Å². The zero-order chi connectivity index (χ0) is 18.7. The maximum atomic E-state index is 12.8. The van der Waals surface area contributed by atoms with Crippen molar-refractivity contribution >= 4 is 42.6 Å². The maximum Gasteiger partial charge on any atom is 0.244 e. The van der Waals surface area contributed by atoms with Crippen molar-refractivity contribution in [1.29, 1.82) is 0 Å². The number of sulfonamides is 1. The lowest BCUT2D eigenvalue weighted by Crippen LogP contribution is -2.40. The van der Waals surface area contributed by atoms with Gasteiger partial charge >= 0.3 is 0 Å². The molecule has 0 unspecified atom stereocenters. The summed E-state index contributed by atoms with van der Waals surface area (Å²) in [6, 6.07) is 13.1. The zero-order valence-electron chi connectivity index (χ0n) is 14.4. The molecule has 1 aromatic carbocycles. The first-order valence-electron chi connectivity index (χ1n) is 7.82. The monoisotopic (exact) mass is 390 g/mol. The molecule has 0 fully saturated rings. The van der Waals surface area contributed by atoms with Gasteiger partial charge in [0.25, 0.3) is 0 Å². The van der Waals surface area contributed by atoms with Crippen LogP contribution in [0.15, 0.2) is 48.7 Å². The average Bonchev–Trinajstić information content (AvgIpc) is 3.03. The molecule has 1 amide bonds. The van der Waals surface area contributed by atoms with E-state index in [1.807, 2.05) is 36.4 Å². The van der Waals surface area contributed by atoms with Crippen molar-refractivity contribution in [1.82, 2.24) is 14.3 Å². The Labute approximate surface area is 156 Å². The van der Waals surface area contributed by atoms with E-state index in [9.17, 15) is 13.2 Å². The summed E-state index contributed by atoms with van der Waals surface area (Å²) in [6.45, 7) is -0.0430. The molecule has 9 heteroatoms. The topological polar surface area (TPSA) is 83.5 Å². The molecule has 0 radical (unpaired) electrons. The van der Waals surface area contributed by atoms with Crippen LogP contribution in [-0.4, -0.2) is 48.4 Å². The minimum atomic E-state index is -3.46. The van der Waals surface area contributed by atoms with Gasteiger partial charge in [-0.05, 0) is 24.3 Å². The molecule has 0 saturated carbocycles. The number of benzene rings is 1. The Morgan fingerprint density at radius 1 is 1.15 bits per heavy atom. The van der Waals surface area contributed by atoms with Crippen molar-refractivity contribution < 1.29 is 13.2 Å². The number of fused-ring (bicyclic) bond motifs is 1. The number of anilines is 1. The van der Waals surface area contributed by atoms with Crippen LogP contribution in [0.25, 0.3) is 10.2 Å². The van der Waals surface area contributed by atoms with Crippen LogP contribution < -0.4 is 4.90 Å². The maximum absolute atomic E-state index is 12.8.